The van der Waals surface area contributed by atoms with Crippen molar-refractivity contribution < 1.29 is 13.2 Å². The van der Waals surface area contributed by atoms with Gasteiger partial charge in [0.05, 0.1) is 11.5 Å². The molecule has 0 saturated carbocycles. The lowest BCUT2D eigenvalue weighted by Crippen LogP contribution is -2.43. The fourth-order valence-electron chi connectivity index (χ4n) is 2.10. The summed E-state index contributed by atoms with van der Waals surface area (Å²) in [7, 11) is -2.97. The molecular formula is C13H18ClN3O3S2. The Morgan fingerprint density at radius 1 is 1.50 bits per heavy atom. The molecule has 1 fully saturated rings. The molecule has 1 aromatic heterocycles. The van der Waals surface area contributed by atoms with Crippen LogP contribution in [0.4, 0.5) is 4.79 Å². The first-order valence-corrected chi connectivity index (χ1v) is 10.2. The van der Waals surface area contributed by atoms with E-state index < -0.39 is 9.84 Å². The Morgan fingerprint density at radius 3 is 3.00 bits per heavy atom. The highest BCUT2D eigenvalue weighted by molar-refractivity contribution is 7.98. The predicted octanol–water partition coefficient (Wildman–Crippen LogP) is 1.45. The summed E-state index contributed by atoms with van der Waals surface area (Å²) in [5.74, 6) is 1.75. The number of hydrogen-bond acceptors (Lipinski definition) is 5. The quantitative estimate of drug-likeness (QED) is 0.590. The number of rotatable bonds is 6. The highest BCUT2D eigenvalue weighted by Crippen LogP contribution is 2.14. The molecule has 122 valence electrons. The van der Waals surface area contributed by atoms with E-state index in [2.05, 4.69) is 15.6 Å². The second-order valence-electron chi connectivity index (χ2n) is 5.04. The Hall–Kier alpha value is -0.990. The van der Waals surface area contributed by atoms with Crippen molar-refractivity contribution in [3.63, 3.8) is 0 Å². The smallest absolute Gasteiger partial charge is 0.315 e. The maximum atomic E-state index is 11.6. The van der Waals surface area contributed by atoms with Crippen LogP contribution in [0.3, 0.4) is 0 Å². The lowest BCUT2D eigenvalue weighted by molar-refractivity contribution is 0.238. The van der Waals surface area contributed by atoms with Crippen molar-refractivity contribution in [3.05, 3.63) is 29.0 Å². The fourth-order valence-corrected chi connectivity index (χ4v) is 4.78. The van der Waals surface area contributed by atoms with E-state index in [-0.39, 0.29) is 23.6 Å². The molecule has 0 aromatic carbocycles. The number of nitrogens with zero attached hydrogens (tertiary/aromatic N) is 1. The SMILES string of the molecule is O=C(NCCSCc1ccnc(Cl)c1)N[C@H]1CCS(=O)(=O)C1. The first-order valence-electron chi connectivity index (χ1n) is 6.87. The second kappa shape index (κ2) is 8.03. The van der Waals surface area contributed by atoms with Gasteiger partial charge in [-0.25, -0.2) is 18.2 Å². The predicted molar refractivity (Wildman–Crippen MR) is 89.0 cm³/mol. The number of sulfone groups is 1. The maximum Gasteiger partial charge on any atom is 0.315 e. The Labute approximate surface area is 139 Å². The molecule has 1 aliphatic rings. The van der Waals surface area contributed by atoms with Gasteiger partial charge < -0.3 is 10.6 Å². The number of carbonyl (C=O) groups excluding carboxylic acids is 1. The Balaban J connectivity index is 1.58. The van der Waals surface area contributed by atoms with Gasteiger partial charge in [-0.05, 0) is 24.1 Å². The zero-order valence-corrected chi connectivity index (χ0v) is 14.3. The standard InChI is InChI=1S/C13H18ClN3O3S2/c14-12-7-10(1-3-15-12)8-21-5-4-16-13(18)17-11-2-6-22(19,20)9-11/h1,3,7,11H,2,4-6,8-9H2,(H2,16,17,18)/t11-/m0/s1. The van der Waals surface area contributed by atoms with Crippen LogP contribution >= 0.6 is 23.4 Å². The van der Waals surface area contributed by atoms with Crippen molar-refractivity contribution in [2.24, 2.45) is 0 Å². The van der Waals surface area contributed by atoms with E-state index in [0.717, 1.165) is 17.1 Å². The van der Waals surface area contributed by atoms with E-state index in [1.165, 1.54) is 0 Å². The van der Waals surface area contributed by atoms with Crippen LogP contribution < -0.4 is 10.6 Å². The first kappa shape index (κ1) is 17.4. The molecule has 1 aromatic rings. The Morgan fingerprint density at radius 2 is 2.32 bits per heavy atom. The molecule has 2 N–H and O–H groups in total. The summed E-state index contributed by atoms with van der Waals surface area (Å²) in [5, 5.41) is 5.89. The van der Waals surface area contributed by atoms with Crippen molar-refractivity contribution >= 4 is 39.2 Å². The summed E-state index contributed by atoms with van der Waals surface area (Å²) in [6.45, 7) is 0.523. The largest absolute Gasteiger partial charge is 0.337 e. The van der Waals surface area contributed by atoms with Gasteiger partial charge in [0, 0.05) is 30.3 Å². The molecule has 1 aliphatic heterocycles. The lowest BCUT2D eigenvalue weighted by Gasteiger charge is -2.11. The fraction of sp³-hybridized carbons (Fsp3) is 0.538. The van der Waals surface area contributed by atoms with Gasteiger partial charge in [-0.3, -0.25) is 0 Å². The van der Waals surface area contributed by atoms with Gasteiger partial charge in [-0.1, -0.05) is 11.6 Å². The number of carbonyl (C=O) groups is 1. The normalized spacial score (nSPS) is 19.8. The van der Waals surface area contributed by atoms with E-state index in [0.29, 0.717) is 18.1 Å². The molecule has 1 atom stereocenters. The molecular weight excluding hydrogens is 346 g/mol. The minimum Gasteiger partial charge on any atom is -0.337 e. The third-order valence-corrected chi connectivity index (χ3v) is 6.16. The van der Waals surface area contributed by atoms with E-state index in [1.807, 2.05) is 12.1 Å². The molecule has 0 spiro atoms. The van der Waals surface area contributed by atoms with E-state index in [9.17, 15) is 13.2 Å². The highest BCUT2D eigenvalue weighted by atomic mass is 35.5. The number of amides is 2. The summed E-state index contributed by atoms with van der Waals surface area (Å²) in [5.41, 5.74) is 1.09. The number of halogens is 1. The molecule has 1 saturated heterocycles. The van der Waals surface area contributed by atoms with Crippen LogP contribution in [0, 0.1) is 0 Å². The number of nitrogens with one attached hydrogen (secondary N) is 2. The Kier molecular flexibility index (Phi) is 6.34. The number of hydrogen-bond donors (Lipinski definition) is 2. The summed E-state index contributed by atoms with van der Waals surface area (Å²) in [6, 6.07) is 3.14. The zero-order chi connectivity index (χ0) is 16.0. The van der Waals surface area contributed by atoms with Gasteiger partial charge in [0.2, 0.25) is 0 Å². The van der Waals surface area contributed by atoms with Crippen molar-refractivity contribution in [1.82, 2.24) is 15.6 Å². The van der Waals surface area contributed by atoms with Crippen LogP contribution in [0.1, 0.15) is 12.0 Å². The van der Waals surface area contributed by atoms with Crippen molar-refractivity contribution in [1.29, 1.82) is 0 Å². The number of urea groups is 1. The van der Waals surface area contributed by atoms with Crippen LogP contribution in [0.2, 0.25) is 5.15 Å². The van der Waals surface area contributed by atoms with E-state index in [4.69, 9.17) is 11.6 Å². The third-order valence-electron chi connectivity index (χ3n) is 3.16. The summed E-state index contributed by atoms with van der Waals surface area (Å²) in [6.07, 6.45) is 2.16. The van der Waals surface area contributed by atoms with Crippen molar-refractivity contribution in [2.75, 3.05) is 23.8 Å². The minimum absolute atomic E-state index is 0.0397. The molecule has 2 amide bonds. The van der Waals surface area contributed by atoms with Crippen LogP contribution in [-0.2, 0) is 15.6 Å². The summed E-state index contributed by atoms with van der Waals surface area (Å²) in [4.78, 5) is 15.6. The Bertz CT molecular complexity index is 625. The number of thioether (sulfide) groups is 1. The summed E-state index contributed by atoms with van der Waals surface area (Å²) < 4.78 is 22.6. The van der Waals surface area contributed by atoms with Crippen LogP contribution in [-0.4, -0.2) is 49.3 Å². The summed E-state index contributed by atoms with van der Waals surface area (Å²) >= 11 is 7.47. The molecule has 0 bridgehead atoms. The number of aromatic nitrogens is 1. The van der Waals surface area contributed by atoms with Gasteiger partial charge in [0.1, 0.15) is 5.15 Å². The van der Waals surface area contributed by atoms with Crippen LogP contribution in [0.25, 0.3) is 0 Å². The monoisotopic (exact) mass is 363 g/mol. The topological polar surface area (TPSA) is 88.2 Å². The molecule has 2 heterocycles. The van der Waals surface area contributed by atoms with E-state index in [1.54, 1.807) is 18.0 Å². The van der Waals surface area contributed by atoms with Crippen LogP contribution in [0.15, 0.2) is 18.3 Å². The molecule has 22 heavy (non-hydrogen) atoms. The molecule has 0 unspecified atom stereocenters. The number of pyridine rings is 1. The van der Waals surface area contributed by atoms with Gasteiger partial charge >= 0.3 is 6.03 Å². The average molecular weight is 364 g/mol. The first-order chi connectivity index (χ1) is 10.4. The van der Waals surface area contributed by atoms with Gasteiger partial charge in [0.15, 0.2) is 9.84 Å². The average Bonchev–Trinajstić information content (AvgIpc) is 2.77. The second-order valence-corrected chi connectivity index (χ2v) is 8.76. The van der Waals surface area contributed by atoms with Gasteiger partial charge in [-0.15, -0.1) is 0 Å². The van der Waals surface area contributed by atoms with E-state index >= 15 is 0 Å². The molecule has 0 radical (unpaired) electrons. The van der Waals surface area contributed by atoms with Gasteiger partial charge in [-0.2, -0.15) is 11.8 Å². The minimum atomic E-state index is -2.97. The zero-order valence-electron chi connectivity index (χ0n) is 11.9. The molecule has 2 rings (SSSR count). The molecule has 6 nitrogen and oxygen atoms in total. The third kappa shape index (κ3) is 6.02. The maximum absolute atomic E-state index is 11.6. The van der Waals surface area contributed by atoms with Crippen LogP contribution in [0.5, 0.6) is 0 Å². The van der Waals surface area contributed by atoms with Crippen molar-refractivity contribution in [3.8, 4) is 0 Å². The van der Waals surface area contributed by atoms with Gasteiger partial charge in [0.25, 0.3) is 0 Å². The molecule has 0 aliphatic carbocycles. The highest BCUT2D eigenvalue weighted by Gasteiger charge is 2.28. The molecule has 9 heteroatoms. The lowest BCUT2D eigenvalue weighted by atomic mass is 10.3. The van der Waals surface area contributed by atoms with Crippen molar-refractivity contribution in [2.45, 2.75) is 18.2 Å².